The molecule has 36 heavy (non-hydrogen) atoms. The topological polar surface area (TPSA) is 74.1 Å². The van der Waals surface area contributed by atoms with E-state index in [0.29, 0.717) is 27.9 Å². The number of fused-ring (bicyclic) bond motifs is 3. The van der Waals surface area contributed by atoms with Gasteiger partial charge in [0.15, 0.2) is 16.8 Å². The second-order valence-corrected chi connectivity index (χ2v) is 9.63. The molecule has 2 atom stereocenters. The van der Waals surface area contributed by atoms with Gasteiger partial charge in [-0.25, -0.2) is 9.50 Å². The minimum atomic E-state index is -4.69. The van der Waals surface area contributed by atoms with Crippen LogP contribution >= 0.6 is 11.6 Å². The molecule has 2 aliphatic heterocycles. The fourth-order valence-corrected chi connectivity index (χ4v) is 5.28. The lowest BCUT2D eigenvalue weighted by molar-refractivity contribution is -0.190. The highest BCUT2D eigenvalue weighted by Gasteiger charge is 2.47. The number of carbonyl (C=O) groups is 2. The highest BCUT2D eigenvalue weighted by atomic mass is 35.5. The van der Waals surface area contributed by atoms with Gasteiger partial charge >= 0.3 is 6.18 Å². The van der Waals surface area contributed by atoms with Crippen LogP contribution in [0.15, 0.2) is 36.5 Å². The molecule has 5 rings (SSSR count). The summed E-state index contributed by atoms with van der Waals surface area (Å²) in [5, 5.41) is 4.64. The molecular formula is C24H24ClF3N6O2. The quantitative estimate of drug-likeness (QED) is 0.520. The van der Waals surface area contributed by atoms with Crippen molar-refractivity contribution in [1.29, 1.82) is 0 Å². The van der Waals surface area contributed by atoms with Gasteiger partial charge in [-0.2, -0.15) is 18.3 Å². The Hall–Kier alpha value is -3.34. The van der Waals surface area contributed by atoms with E-state index in [1.54, 1.807) is 28.9 Å². The fourth-order valence-electron chi connectivity index (χ4n) is 5.11. The van der Waals surface area contributed by atoms with Gasteiger partial charge in [0, 0.05) is 45.4 Å². The van der Waals surface area contributed by atoms with Crippen LogP contribution in [0.4, 0.5) is 24.5 Å². The number of nitrogens with zero attached hydrogens (tertiary/aromatic N) is 6. The Bertz CT molecular complexity index is 1330. The fraction of sp³-hybridized carbons (Fsp3) is 0.417. The number of amides is 2. The number of hydrogen-bond donors (Lipinski definition) is 0. The van der Waals surface area contributed by atoms with Crippen molar-refractivity contribution in [3.05, 3.63) is 52.9 Å². The predicted molar refractivity (Wildman–Crippen MR) is 127 cm³/mol. The minimum Gasteiger partial charge on any atom is -0.345 e. The number of alkyl halides is 3. The van der Waals surface area contributed by atoms with Gasteiger partial charge in [-0.15, -0.1) is 0 Å². The van der Waals surface area contributed by atoms with E-state index < -0.39 is 24.0 Å². The van der Waals surface area contributed by atoms with E-state index >= 15 is 0 Å². The number of anilines is 2. The molecule has 0 unspecified atom stereocenters. The van der Waals surface area contributed by atoms with Crippen LogP contribution in [0.3, 0.4) is 0 Å². The molecule has 4 heterocycles. The van der Waals surface area contributed by atoms with Gasteiger partial charge in [-0.3, -0.25) is 9.59 Å². The van der Waals surface area contributed by atoms with Gasteiger partial charge in [0.1, 0.15) is 0 Å². The third kappa shape index (κ3) is 4.25. The largest absolute Gasteiger partial charge is 0.413 e. The van der Waals surface area contributed by atoms with Crippen molar-refractivity contribution in [1.82, 2.24) is 24.4 Å². The Labute approximate surface area is 210 Å². The first-order valence-corrected chi connectivity index (χ1v) is 11.9. The van der Waals surface area contributed by atoms with Crippen LogP contribution < -0.4 is 4.90 Å². The number of carbonyl (C=O) groups excluding carboxylic acids is 2. The molecule has 0 bridgehead atoms. The first kappa shape index (κ1) is 24.4. The lowest BCUT2D eigenvalue weighted by atomic mass is 10.0. The molecule has 8 nitrogen and oxygen atoms in total. The van der Waals surface area contributed by atoms with Crippen LogP contribution in [0.5, 0.6) is 0 Å². The average Bonchev–Trinajstić information content (AvgIpc) is 3.38. The molecule has 0 spiro atoms. The molecule has 0 N–H and O–H groups in total. The third-order valence-corrected chi connectivity index (χ3v) is 7.06. The molecule has 3 aromatic rings. The number of likely N-dealkylation sites (tertiary alicyclic amines) is 1. The molecule has 12 heteroatoms. The van der Waals surface area contributed by atoms with E-state index in [4.69, 9.17) is 11.6 Å². The Morgan fingerprint density at radius 3 is 2.61 bits per heavy atom. The molecule has 190 valence electrons. The van der Waals surface area contributed by atoms with Gasteiger partial charge in [0.2, 0.25) is 11.8 Å². The maximum atomic E-state index is 14.1. The summed E-state index contributed by atoms with van der Waals surface area (Å²) in [5.41, 5.74) is 3.03. The molecule has 0 radical (unpaired) electrons. The lowest BCUT2D eigenvalue weighted by Gasteiger charge is -2.33. The van der Waals surface area contributed by atoms with E-state index in [-0.39, 0.29) is 24.4 Å². The van der Waals surface area contributed by atoms with E-state index in [1.165, 1.54) is 24.1 Å². The van der Waals surface area contributed by atoms with E-state index in [2.05, 4.69) is 10.1 Å². The van der Waals surface area contributed by atoms with E-state index in [9.17, 15) is 22.8 Å². The monoisotopic (exact) mass is 520 g/mol. The minimum absolute atomic E-state index is 0.0514. The second kappa shape index (κ2) is 8.95. The summed E-state index contributed by atoms with van der Waals surface area (Å²) in [6.45, 7) is 0.779. The summed E-state index contributed by atoms with van der Waals surface area (Å²) >= 11 is 6.04. The molecule has 2 aliphatic rings. The number of benzene rings is 1. The Morgan fingerprint density at radius 2 is 1.97 bits per heavy atom. The molecule has 1 aromatic carbocycles. The van der Waals surface area contributed by atoms with Crippen molar-refractivity contribution >= 4 is 40.4 Å². The van der Waals surface area contributed by atoms with E-state index in [1.807, 2.05) is 4.90 Å². The highest BCUT2D eigenvalue weighted by Crippen LogP contribution is 2.40. The lowest BCUT2D eigenvalue weighted by Crippen LogP contribution is -2.43. The highest BCUT2D eigenvalue weighted by molar-refractivity contribution is 6.29. The van der Waals surface area contributed by atoms with Gasteiger partial charge in [-0.1, -0.05) is 23.7 Å². The summed E-state index contributed by atoms with van der Waals surface area (Å²) < 4.78 is 44.1. The first-order valence-electron chi connectivity index (χ1n) is 11.5. The maximum absolute atomic E-state index is 14.1. The molecule has 1 saturated heterocycles. The number of rotatable bonds is 4. The van der Waals surface area contributed by atoms with Crippen LogP contribution in [-0.2, 0) is 16.0 Å². The zero-order chi connectivity index (χ0) is 25.8. The third-order valence-electron chi connectivity index (χ3n) is 6.87. The van der Waals surface area contributed by atoms with Crippen molar-refractivity contribution in [2.24, 2.45) is 5.92 Å². The zero-order valence-electron chi connectivity index (χ0n) is 19.7. The van der Waals surface area contributed by atoms with Crippen molar-refractivity contribution in [2.75, 3.05) is 32.1 Å². The number of hydrogen-bond acceptors (Lipinski definition) is 5. The number of aromatic nitrogens is 3. The van der Waals surface area contributed by atoms with E-state index in [0.717, 1.165) is 31.3 Å². The molecule has 0 aliphatic carbocycles. The molecular weight excluding hydrogens is 497 g/mol. The second-order valence-electron chi connectivity index (χ2n) is 9.24. The summed E-state index contributed by atoms with van der Waals surface area (Å²) in [6.07, 6.45) is -1.46. The van der Waals surface area contributed by atoms with Crippen LogP contribution in [0.1, 0.15) is 30.1 Å². The summed E-state index contributed by atoms with van der Waals surface area (Å²) in [7, 11) is 2.68. The predicted octanol–water partition coefficient (Wildman–Crippen LogP) is 4.01. The Kier molecular flexibility index (Phi) is 6.06. The van der Waals surface area contributed by atoms with Crippen molar-refractivity contribution in [2.45, 2.75) is 31.5 Å². The van der Waals surface area contributed by atoms with Crippen LogP contribution in [-0.4, -0.2) is 69.6 Å². The summed E-state index contributed by atoms with van der Waals surface area (Å²) in [6, 6.07) is 5.58. The zero-order valence-corrected chi connectivity index (χ0v) is 20.4. The van der Waals surface area contributed by atoms with Crippen molar-refractivity contribution in [3.63, 3.8) is 0 Å². The number of halogens is 4. The Balaban J connectivity index is 1.43. The van der Waals surface area contributed by atoms with Gasteiger partial charge in [0.05, 0.1) is 23.5 Å². The average molecular weight is 521 g/mol. The number of aryl methyl sites for hydroxylation is 1. The van der Waals surface area contributed by atoms with Crippen LogP contribution in [0, 0.1) is 5.92 Å². The molecule has 2 amide bonds. The van der Waals surface area contributed by atoms with Gasteiger partial charge in [0.25, 0.3) is 0 Å². The summed E-state index contributed by atoms with van der Waals surface area (Å²) in [4.78, 5) is 33.2. The molecule has 1 fully saturated rings. The van der Waals surface area contributed by atoms with Gasteiger partial charge < -0.3 is 14.7 Å². The van der Waals surface area contributed by atoms with Crippen LogP contribution in [0.2, 0.25) is 5.15 Å². The summed E-state index contributed by atoms with van der Waals surface area (Å²) in [5.74, 6) is -1.74. The normalized spacial score (nSPS) is 19.1. The maximum Gasteiger partial charge on any atom is 0.413 e. The standard InChI is InChI=1S/C24H24ClF3N6O2/c1-31-13-15(10-21(31)35)23(36)32(2)22(24(26,27)28)14-5-7-16(8-6-14)33-9-3-4-17-18(33)12-29-20-11-19(25)30-34(17)20/h5-8,11-12,15,22H,3-4,9-10,13H2,1-2H3/t15-,22-/m0/s1. The van der Waals surface area contributed by atoms with Crippen molar-refractivity contribution < 1.29 is 22.8 Å². The molecule has 0 saturated carbocycles. The first-order chi connectivity index (χ1) is 17.0. The smallest absolute Gasteiger partial charge is 0.345 e. The van der Waals surface area contributed by atoms with Gasteiger partial charge in [-0.05, 0) is 30.5 Å². The molecule has 2 aromatic heterocycles. The van der Waals surface area contributed by atoms with Crippen molar-refractivity contribution in [3.8, 4) is 0 Å². The van der Waals surface area contributed by atoms with Crippen LogP contribution in [0.25, 0.3) is 5.65 Å². The Morgan fingerprint density at radius 1 is 1.25 bits per heavy atom. The SMILES string of the molecule is CN1C[C@@H](C(=O)N(C)[C@@H](c2ccc(N3CCCc4c3cnc3cc(Cl)nn43)cc2)C(F)(F)F)CC1=O.